The number of aryl methyl sites for hydroxylation is 1. The maximum atomic E-state index is 12.7. The van der Waals surface area contributed by atoms with Gasteiger partial charge in [-0.25, -0.2) is 17.7 Å². The Balaban J connectivity index is 1.64. The number of carbonyl (C=O) groups is 1. The molecule has 0 saturated carbocycles. The van der Waals surface area contributed by atoms with Gasteiger partial charge in [-0.15, -0.1) is 0 Å². The minimum Gasteiger partial charge on any atom is -0.348 e. The highest BCUT2D eigenvalue weighted by Gasteiger charge is 2.24. The van der Waals surface area contributed by atoms with Crippen molar-refractivity contribution in [3.05, 3.63) is 53.7 Å². The zero-order valence-electron chi connectivity index (χ0n) is 16.3. The summed E-state index contributed by atoms with van der Waals surface area (Å²) < 4.78 is 25.4. The van der Waals surface area contributed by atoms with E-state index in [4.69, 9.17) is 0 Å². The van der Waals surface area contributed by atoms with Crippen molar-refractivity contribution in [1.82, 2.24) is 14.6 Å². The lowest BCUT2D eigenvalue weighted by molar-refractivity contribution is -0.121. The zero-order chi connectivity index (χ0) is 20.3. The fourth-order valence-electron chi connectivity index (χ4n) is 3.23. The second-order valence-electron chi connectivity index (χ2n) is 7.03. The molecule has 1 amide bonds. The van der Waals surface area contributed by atoms with Crippen LogP contribution in [0.5, 0.6) is 0 Å². The number of nitrogens with one attached hydrogen (secondary N) is 1. The Bertz CT molecular complexity index is 943. The van der Waals surface area contributed by atoms with Gasteiger partial charge in [0.25, 0.3) is 0 Å². The number of carbonyl (C=O) groups excluding carboxylic acids is 1. The van der Waals surface area contributed by atoms with Crippen LogP contribution in [0.25, 0.3) is 0 Å². The summed E-state index contributed by atoms with van der Waals surface area (Å²) in [5.41, 5.74) is 2.51. The van der Waals surface area contributed by atoms with Gasteiger partial charge in [0.1, 0.15) is 4.90 Å². The minimum absolute atomic E-state index is 0.0427. The van der Waals surface area contributed by atoms with E-state index in [1.807, 2.05) is 19.1 Å². The summed E-state index contributed by atoms with van der Waals surface area (Å²) in [4.78, 5) is 17.0. The molecule has 2 aromatic rings. The molecule has 0 spiro atoms. The van der Waals surface area contributed by atoms with Crippen LogP contribution in [-0.2, 0) is 21.2 Å². The van der Waals surface area contributed by atoms with Gasteiger partial charge in [0, 0.05) is 20.3 Å². The summed E-state index contributed by atoms with van der Waals surface area (Å²) >= 11 is 1.32. The highest BCUT2D eigenvalue weighted by atomic mass is 32.2. The van der Waals surface area contributed by atoms with Crippen molar-refractivity contribution in [3.8, 4) is 0 Å². The fourth-order valence-corrected chi connectivity index (χ4v) is 4.87. The third-order valence-corrected chi connectivity index (χ3v) is 7.69. The highest BCUT2D eigenvalue weighted by molar-refractivity contribution is 8.00. The summed E-state index contributed by atoms with van der Waals surface area (Å²) in [6.07, 6.45) is 4.39. The van der Waals surface area contributed by atoms with E-state index in [0.717, 1.165) is 23.6 Å². The molecule has 1 aromatic carbocycles. The molecule has 0 saturated heterocycles. The summed E-state index contributed by atoms with van der Waals surface area (Å²) in [5.74, 6) is -0.0431. The molecule has 1 aliphatic rings. The molecular formula is C20H25N3O3S2. The van der Waals surface area contributed by atoms with Gasteiger partial charge >= 0.3 is 0 Å². The lowest BCUT2D eigenvalue weighted by Crippen LogP contribution is -2.35. The van der Waals surface area contributed by atoms with E-state index in [-0.39, 0.29) is 22.1 Å². The Morgan fingerprint density at radius 2 is 2.00 bits per heavy atom. The van der Waals surface area contributed by atoms with E-state index < -0.39 is 10.0 Å². The van der Waals surface area contributed by atoms with Gasteiger partial charge < -0.3 is 5.32 Å². The first-order valence-electron chi connectivity index (χ1n) is 9.22. The predicted octanol–water partition coefficient (Wildman–Crippen LogP) is 3.01. The monoisotopic (exact) mass is 419 g/mol. The number of thioether (sulfide) groups is 1. The van der Waals surface area contributed by atoms with Gasteiger partial charge in [-0.3, -0.25) is 4.79 Å². The number of fused-ring (bicyclic) bond motifs is 1. The van der Waals surface area contributed by atoms with Gasteiger partial charge in [-0.2, -0.15) is 0 Å². The van der Waals surface area contributed by atoms with Crippen molar-refractivity contribution in [2.24, 2.45) is 0 Å². The third-order valence-electron chi connectivity index (χ3n) is 4.84. The number of sulfonamides is 1. The lowest BCUT2D eigenvalue weighted by atomic mass is 9.88. The Morgan fingerprint density at radius 1 is 1.25 bits per heavy atom. The first-order valence-corrected chi connectivity index (χ1v) is 11.5. The topological polar surface area (TPSA) is 79.4 Å². The normalized spacial score (nSPS) is 17.8. The largest absolute Gasteiger partial charge is 0.348 e. The number of aromatic nitrogens is 1. The summed E-state index contributed by atoms with van der Waals surface area (Å²) in [6.45, 7) is 1.83. The van der Waals surface area contributed by atoms with E-state index in [2.05, 4.69) is 22.4 Å². The van der Waals surface area contributed by atoms with Gasteiger partial charge in [-0.1, -0.05) is 36.0 Å². The Labute approximate surface area is 170 Å². The first kappa shape index (κ1) is 20.8. The van der Waals surface area contributed by atoms with Crippen molar-refractivity contribution in [2.75, 3.05) is 14.1 Å². The molecule has 3 rings (SSSR count). The Kier molecular flexibility index (Phi) is 6.42. The molecule has 28 heavy (non-hydrogen) atoms. The maximum Gasteiger partial charge on any atom is 0.244 e. The van der Waals surface area contributed by atoms with Crippen LogP contribution in [0, 0.1) is 0 Å². The summed E-state index contributed by atoms with van der Waals surface area (Å²) in [5, 5.41) is 3.44. The number of nitrogens with zero attached hydrogens (tertiary/aromatic N) is 2. The SMILES string of the molecule is C[C@@H](Sc1ccc(S(=O)(=O)N(C)C)cn1)C(=O)N[C@H]1CCCc2ccccc21. The molecule has 1 aromatic heterocycles. The number of hydrogen-bond acceptors (Lipinski definition) is 5. The van der Waals surface area contributed by atoms with Crippen LogP contribution >= 0.6 is 11.8 Å². The summed E-state index contributed by atoms with van der Waals surface area (Å²) in [7, 11) is -0.544. The average molecular weight is 420 g/mol. The average Bonchev–Trinajstić information content (AvgIpc) is 2.68. The molecule has 0 unspecified atom stereocenters. The molecule has 6 nitrogen and oxygen atoms in total. The zero-order valence-corrected chi connectivity index (χ0v) is 17.9. The number of hydrogen-bond donors (Lipinski definition) is 1. The number of pyridine rings is 1. The lowest BCUT2D eigenvalue weighted by Gasteiger charge is -2.27. The molecule has 0 fully saturated rings. The van der Waals surface area contributed by atoms with E-state index in [0.29, 0.717) is 5.03 Å². The Morgan fingerprint density at radius 3 is 2.68 bits per heavy atom. The van der Waals surface area contributed by atoms with E-state index in [1.165, 1.54) is 49.2 Å². The van der Waals surface area contributed by atoms with Gasteiger partial charge in [-0.05, 0) is 49.4 Å². The third kappa shape index (κ3) is 4.56. The fraction of sp³-hybridized carbons (Fsp3) is 0.400. The maximum absolute atomic E-state index is 12.7. The highest BCUT2D eigenvalue weighted by Crippen LogP contribution is 2.30. The quantitative estimate of drug-likeness (QED) is 0.728. The predicted molar refractivity (Wildman–Crippen MR) is 111 cm³/mol. The van der Waals surface area contributed by atoms with Crippen molar-refractivity contribution in [1.29, 1.82) is 0 Å². The van der Waals surface area contributed by atoms with Gasteiger partial charge in [0.2, 0.25) is 15.9 Å². The number of rotatable bonds is 6. The van der Waals surface area contributed by atoms with Crippen LogP contribution in [0.3, 0.4) is 0 Å². The summed E-state index contributed by atoms with van der Waals surface area (Å²) in [6, 6.07) is 11.5. The molecule has 2 atom stereocenters. The van der Waals surface area contributed by atoms with Crippen molar-refractivity contribution in [2.45, 2.75) is 47.4 Å². The molecule has 1 heterocycles. The van der Waals surface area contributed by atoms with Crippen LogP contribution in [0.4, 0.5) is 0 Å². The number of amides is 1. The van der Waals surface area contributed by atoms with Crippen molar-refractivity contribution < 1.29 is 13.2 Å². The van der Waals surface area contributed by atoms with Crippen molar-refractivity contribution >= 4 is 27.7 Å². The van der Waals surface area contributed by atoms with E-state index >= 15 is 0 Å². The second kappa shape index (κ2) is 8.63. The molecule has 150 valence electrons. The molecular weight excluding hydrogens is 394 g/mol. The van der Waals surface area contributed by atoms with Crippen LogP contribution < -0.4 is 5.32 Å². The van der Waals surface area contributed by atoms with Crippen LogP contribution in [0.15, 0.2) is 52.5 Å². The standard InChI is InChI=1S/C20H25N3O3S2/c1-14(27-19-12-11-16(13-21-19)28(25,26)23(2)3)20(24)22-18-10-6-8-15-7-4-5-9-17(15)18/h4-5,7,9,11-14,18H,6,8,10H2,1-3H3,(H,22,24)/t14-,18+/m1/s1. The Hall–Kier alpha value is -1.90. The van der Waals surface area contributed by atoms with E-state index in [9.17, 15) is 13.2 Å². The van der Waals surface area contributed by atoms with Crippen LogP contribution in [0.1, 0.15) is 36.9 Å². The molecule has 0 radical (unpaired) electrons. The van der Waals surface area contributed by atoms with Gasteiger partial charge in [0.15, 0.2) is 0 Å². The minimum atomic E-state index is -3.50. The number of benzene rings is 1. The van der Waals surface area contributed by atoms with E-state index in [1.54, 1.807) is 6.07 Å². The van der Waals surface area contributed by atoms with Crippen molar-refractivity contribution in [3.63, 3.8) is 0 Å². The van der Waals surface area contributed by atoms with Crippen LogP contribution in [-0.4, -0.2) is 43.0 Å². The second-order valence-corrected chi connectivity index (χ2v) is 10.5. The molecule has 0 bridgehead atoms. The molecule has 1 aliphatic carbocycles. The molecule has 8 heteroatoms. The molecule has 0 aliphatic heterocycles. The first-order chi connectivity index (χ1) is 13.3. The van der Waals surface area contributed by atoms with Crippen LogP contribution in [0.2, 0.25) is 0 Å². The molecule has 1 N–H and O–H groups in total. The smallest absolute Gasteiger partial charge is 0.244 e. The van der Waals surface area contributed by atoms with Gasteiger partial charge in [0.05, 0.1) is 16.3 Å².